The Hall–Kier alpha value is -2.35. The molecule has 1 aromatic heterocycles. The first-order valence-corrected chi connectivity index (χ1v) is 8.77. The molecule has 1 N–H and O–H groups in total. The molecular formula is C19H21F4N3O. The average molecular weight is 383 g/mol. The first-order valence-electron chi connectivity index (χ1n) is 8.77. The summed E-state index contributed by atoms with van der Waals surface area (Å²) < 4.78 is 58.7. The molecule has 1 aliphatic heterocycles. The van der Waals surface area contributed by atoms with Gasteiger partial charge in [0, 0.05) is 13.1 Å². The van der Waals surface area contributed by atoms with Crippen LogP contribution in [0.25, 0.3) is 0 Å². The average Bonchev–Trinajstić information content (AvgIpc) is 2.68. The summed E-state index contributed by atoms with van der Waals surface area (Å²) in [6, 6.07) is 7.87. The Balaban J connectivity index is 1.50. The van der Waals surface area contributed by atoms with E-state index in [4.69, 9.17) is 4.74 Å². The second-order valence-corrected chi connectivity index (χ2v) is 6.64. The Bertz CT molecular complexity index is 751. The number of halogens is 4. The predicted molar refractivity (Wildman–Crippen MR) is 93.6 cm³/mol. The summed E-state index contributed by atoms with van der Waals surface area (Å²) in [6.07, 6.45) is 1.64. The zero-order chi connectivity index (χ0) is 19.4. The van der Waals surface area contributed by atoms with Crippen molar-refractivity contribution < 1.29 is 22.3 Å². The summed E-state index contributed by atoms with van der Waals surface area (Å²) in [6.45, 7) is 2.73. The summed E-state index contributed by atoms with van der Waals surface area (Å²) >= 11 is 0. The van der Waals surface area contributed by atoms with Crippen molar-refractivity contribution in [1.82, 2.24) is 9.88 Å². The molecule has 146 valence electrons. The van der Waals surface area contributed by atoms with Crippen molar-refractivity contribution in [2.24, 2.45) is 5.92 Å². The van der Waals surface area contributed by atoms with Crippen LogP contribution in [0.5, 0.6) is 5.75 Å². The van der Waals surface area contributed by atoms with E-state index in [2.05, 4.69) is 15.2 Å². The molecule has 0 spiro atoms. The van der Waals surface area contributed by atoms with Crippen LogP contribution >= 0.6 is 0 Å². The summed E-state index contributed by atoms with van der Waals surface area (Å²) in [5, 5.41) is 2.51. The smallest absolute Gasteiger partial charge is 0.253 e. The summed E-state index contributed by atoms with van der Waals surface area (Å²) in [5.41, 5.74) is 0.389. The maximum absolute atomic E-state index is 13.6. The standard InChI is InChI=1S/C19H21F4N3O/c1-27-14-4-2-13(3-5-14)11-26-8-6-12(7-9-26)10-24-17-15(20)18(22)25-19(23)16(17)21/h2-5,12H,6-11H2,1H3,(H,24,25). The number of nitrogens with zero attached hydrogens (tertiary/aromatic N) is 2. The van der Waals surface area contributed by atoms with E-state index in [0.717, 1.165) is 38.2 Å². The normalized spacial score (nSPS) is 15.7. The van der Waals surface area contributed by atoms with E-state index >= 15 is 0 Å². The Morgan fingerprint density at radius 2 is 1.63 bits per heavy atom. The van der Waals surface area contributed by atoms with E-state index in [1.165, 1.54) is 5.56 Å². The Morgan fingerprint density at radius 3 is 2.19 bits per heavy atom. The third-order valence-corrected chi connectivity index (χ3v) is 4.84. The molecule has 1 aromatic carbocycles. The molecule has 0 amide bonds. The number of benzene rings is 1. The number of rotatable bonds is 6. The quantitative estimate of drug-likeness (QED) is 0.605. The first-order chi connectivity index (χ1) is 13.0. The van der Waals surface area contributed by atoms with E-state index in [0.29, 0.717) is 0 Å². The van der Waals surface area contributed by atoms with Gasteiger partial charge in [-0.05, 0) is 49.5 Å². The Labute approximate surface area is 155 Å². The molecule has 8 heteroatoms. The van der Waals surface area contributed by atoms with Crippen molar-refractivity contribution in [2.75, 3.05) is 32.1 Å². The highest BCUT2D eigenvalue weighted by molar-refractivity contribution is 5.45. The second kappa shape index (κ2) is 8.56. The largest absolute Gasteiger partial charge is 0.497 e. The van der Waals surface area contributed by atoms with Crippen LogP contribution in [0.4, 0.5) is 23.2 Å². The van der Waals surface area contributed by atoms with Gasteiger partial charge in [-0.2, -0.15) is 22.5 Å². The van der Waals surface area contributed by atoms with Gasteiger partial charge in [0.15, 0.2) is 0 Å². The molecule has 27 heavy (non-hydrogen) atoms. The topological polar surface area (TPSA) is 37.4 Å². The van der Waals surface area contributed by atoms with Gasteiger partial charge in [-0.3, -0.25) is 4.90 Å². The maximum atomic E-state index is 13.6. The fourth-order valence-corrected chi connectivity index (χ4v) is 3.23. The molecule has 1 saturated heterocycles. The number of hydrogen-bond donors (Lipinski definition) is 1. The highest BCUT2D eigenvalue weighted by Gasteiger charge is 2.23. The van der Waals surface area contributed by atoms with Crippen molar-refractivity contribution in [3.63, 3.8) is 0 Å². The van der Waals surface area contributed by atoms with Crippen LogP contribution in [0, 0.1) is 29.4 Å². The van der Waals surface area contributed by atoms with Gasteiger partial charge in [-0.25, -0.2) is 0 Å². The van der Waals surface area contributed by atoms with E-state index in [9.17, 15) is 17.6 Å². The zero-order valence-corrected chi connectivity index (χ0v) is 14.9. The summed E-state index contributed by atoms with van der Waals surface area (Å²) in [5.74, 6) is -5.31. The molecule has 0 bridgehead atoms. The maximum Gasteiger partial charge on any atom is 0.253 e. The number of pyridine rings is 1. The molecular weight excluding hydrogens is 362 g/mol. The van der Waals surface area contributed by atoms with Gasteiger partial charge in [0.05, 0.1) is 7.11 Å². The Kier molecular flexibility index (Phi) is 6.15. The fourth-order valence-electron chi connectivity index (χ4n) is 3.23. The molecule has 1 aliphatic rings. The van der Waals surface area contributed by atoms with Crippen LogP contribution in [-0.2, 0) is 6.54 Å². The molecule has 1 fully saturated rings. The van der Waals surface area contributed by atoms with Crippen LogP contribution in [0.15, 0.2) is 24.3 Å². The molecule has 3 rings (SSSR count). The van der Waals surface area contributed by atoms with Gasteiger partial charge in [-0.15, -0.1) is 0 Å². The first kappa shape index (κ1) is 19.4. The highest BCUT2D eigenvalue weighted by atomic mass is 19.2. The number of aromatic nitrogens is 1. The van der Waals surface area contributed by atoms with Gasteiger partial charge in [0.2, 0.25) is 11.6 Å². The molecule has 0 saturated carbocycles. The molecule has 0 unspecified atom stereocenters. The van der Waals surface area contributed by atoms with Crippen molar-refractivity contribution in [3.05, 3.63) is 53.4 Å². The van der Waals surface area contributed by atoms with E-state index in [-0.39, 0.29) is 12.5 Å². The number of likely N-dealkylation sites (tertiary alicyclic amines) is 1. The van der Waals surface area contributed by atoms with Crippen molar-refractivity contribution in [1.29, 1.82) is 0 Å². The van der Waals surface area contributed by atoms with E-state index < -0.39 is 29.2 Å². The lowest BCUT2D eigenvalue weighted by Crippen LogP contribution is -2.35. The van der Waals surface area contributed by atoms with Crippen LogP contribution in [0.2, 0.25) is 0 Å². The summed E-state index contributed by atoms with van der Waals surface area (Å²) in [4.78, 5) is 4.85. The molecule has 0 aliphatic carbocycles. The number of methoxy groups -OCH3 is 1. The minimum absolute atomic E-state index is 0.162. The predicted octanol–water partition coefficient (Wildman–Crippen LogP) is 3.97. The van der Waals surface area contributed by atoms with Crippen LogP contribution in [0.1, 0.15) is 18.4 Å². The third-order valence-electron chi connectivity index (χ3n) is 4.84. The van der Waals surface area contributed by atoms with Crippen LogP contribution in [0.3, 0.4) is 0 Å². The lowest BCUT2D eigenvalue weighted by Gasteiger charge is -2.32. The number of nitrogens with one attached hydrogen (secondary N) is 1. The molecule has 0 atom stereocenters. The molecule has 2 heterocycles. The lowest BCUT2D eigenvalue weighted by atomic mass is 9.96. The van der Waals surface area contributed by atoms with Crippen LogP contribution < -0.4 is 10.1 Å². The zero-order valence-electron chi connectivity index (χ0n) is 14.9. The van der Waals surface area contributed by atoms with E-state index in [1.807, 2.05) is 24.3 Å². The van der Waals surface area contributed by atoms with E-state index in [1.54, 1.807) is 7.11 Å². The van der Waals surface area contributed by atoms with Gasteiger partial charge < -0.3 is 10.1 Å². The monoisotopic (exact) mass is 383 g/mol. The van der Waals surface area contributed by atoms with Crippen LogP contribution in [-0.4, -0.2) is 36.6 Å². The SMILES string of the molecule is COc1ccc(CN2CCC(CNc3c(F)c(F)nc(F)c3F)CC2)cc1. The van der Waals surface area contributed by atoms with Gasteiger partial charge in [0.1, 0.15) is 11.4 Å². The van der Waals surface area contributed by atoms with Crippen molar-refractivity contribution in [2.45, 2.75) is 19.4 Å². The Morgan fingerprint density at radius 1 is 1.04 bits per heavy atom. The second-order valence-electron chi connectivity index (χ2n) is 6.64. The number of hydrogen-bond acceptors (Lipinski definition) is 4. The lowest BCUT2D eigenvalue weighted by molar-refractivity contribution is 0.182. The van der Waals surface area contributed by atoms with Crippen molar-refractivity contribution in [3.8, 4) is 5.75 Å². The fraction of sp³-hybridized carbons (Fsp3) is 0.421. The van der Waals surface area contributed by atoms with Crippen molar-refractivity contribution >= 4 is 5.69 Å². The highest BCUT2D eigenvalue weighted by Crippen LogP contribution is 2.25. The summed E-state index contributed by atoms with van der Waals surface area (Å²) in [7, 11) is 1.63. The molecule has 2 aromatic rings. The third kappa shape index (κ3) is 4.68. The van der Waals surface area contributed by atoms with Gasteiger partial charge in [-0.1, -0.05) is 12.1 Å². The number of ether oxygens (including phenoxy) is 1. The van der Waals surface area contributed by atoms with Gasteiger partial charge >= 0.3 is 0 Å². The number of piperidine rings is 1. The molecule has 4 nitrogen and oxygen atoms in total. The molecule has 0 radical (unpaired) electrons. The minimum atomic E-state index is -1.65. The number of anilines is 1. The minimum Gasteiger partial charge on any atom is -0.497 e. The van der Waals surface area contributed by atoms with Gasteiger partial charge in [0.25, 0.3) is 11.9 Å².